The Morgan fingerprint density at radius 2 is 1.64 bits per heavy atom. The lowest BCUT2D eigenvalue weighted by molar-refractivity contribution is -0.137. The van der Waals surface area contributed by atoms with Gasteiger partial charge in [-0.25, -0.2) is 5.43 Å². The van der Waals surface area contributed by atoms with Gasteiger partial charge in [0.25, 0.3) is 5.91 Å². The zero-order chi connectivity index (χ0) is 20.9. The van der Waals surface area contributed by atoms with E-state index in [0.717, 1.165) is 17.7 Å². The van der Waals surface area contributed by atoms with Gasteiger partial charge in [-0.1, -0.05) is 51.1 Å². The van der Waals surface area contributed by atoms with Gasteiger partial charge in [0.15, 0.2) is 0 Å². The minimum absolute atomic E-state index is 0.0485. The van der Waals surface area contributed by atoms with Crippen LogP contribution in [0.15, 0.2) is 53.6 Å². The number of nitrogens with one attached hydrogen (secondary N) is 2. The van der Waals surface area contributed by atoms with Crippen LogP contribution in [-0.4, -0.2) is 18.2 Å². The monoisotopic (exact) mass is 391 g/mol. The zero-order valence-electron chi connectivity index (χ0n) is 16.3. The lowest BCUT2D eigenvalue weighted by atomic mass is 9.86. The van der Waals surface area contributed by atoms with Gasteiger partial charge in [-0.05, 0) is 41.7 Å². The molecule has 0 aliphatic heterocycles. The molecule has 2 aromatic rings. The number of nitrogens with zero attached hydrogens (tertiary/aromatic N) is 1. The first kappa shape index (κ1) is 21.5. The lowest BCUT2D eigenvalue weighted by Gasteiger charge is -2.19. The number of hydrogen-bond acceptors (Lipinski definition) is 3. The molecule has 0 radical (unpaired) electrons. The van der Waals surface area contributed by atoms with E-state index in [4.69, 9.17) is 0 Å². The number of carbonyl (C=O) groups excluding carboxylic acids is 1. The molecule has 0 bridgehead atoms. The quantitative estimate of drug-likeness (QED) is 0.559. The zero-order valence-corrected chi connectivity index (χ0v) is 16.3. The average Bonchev–Trinajstić information content (AvgIpc) is 2.63. The van der Waals surface area contributed by atoms with Crippen LogP contribution < -0.4 is 10.7 Å². The Balaban J connectivity index is 1.93. The van der Waals surface area contributed by atoms with Crippen molar-refractivity contribution >= 4 is 17.3 Å². The predicted octanol–water partition coefficient (Wildman–Crippen LogP) is 4.96. The number of amides is 1. The summed E-state index contributed by atoms with van der Waals surface area (Å²) < 4.78 is 38.1. The van der Waals surface area contributed by atoms with E-state index in [0.29, 0.717) is 5.71 Å². The van der Waals surface area contributed by atoms with Crippen LogP contribution in [0.4, 0.5) is 18.9 Å². The van der Waals surface area contributed by atoms with E-state index in [9.17, 15) is 18.0 Å². The van der Waals surface area contributed by atoms with Gasteiger partial charge < -0.3 is 5.32 Å². The Hall–Kier alpha value is -2.83. The molecule has 2 N–H and O–H groups in total. The summed E-state index contributed by atoms with van der Waals surface area (Å²) >= 11 is 0. The maximum atomic E-state index is 12.7. The maximum Gasteiger partial charge on any atom is 0.416 e. The van der Waals surface area contributed by atoms with Crippen molar-refractivity contribution in [2.45, 2.75) is 39.3 Å². The first-order valence-corrected chi connectivity index (χ1v) is 8.82. The van der Waals surface area contributed by atoms with E-state index in [1.165, 1.54) is 17.7 Å². The van der Waals surface area contributed by atoms with E-state index >= 15 is 0 Å². The summed E-state index contributed by atoms with van der Waals surface area (Å²) in [6.45, 7) is 7.95. The van der Waals surface area contributed by atoms with E-state index in [2.05, 4.69) is 36.6 Å². The van der Waals surface area contributed by atoms with E-state index in [1.54, 1.807) is 6.92 Å². The van der Waals surface area contributed by atoms with E-state index in [-0.39, 0.29) is 17.6 Å². The third-order valence-electron chi connectivity index (χ3n) is 4.16. The minimum Gasteiger partial charge on any atom is -0.376 e. The van der Waals surface area contributed by atoms with Gasteiger partial charge in [-0.15, -0.1) is 0 Å². The molecule has 1 amide bonds. The summed E-state index contributed by atoms with van der Waals surface area (Å²) in [6, 6.07) is 12.6. The van der Waals surface area contributed by atoms with Crippen molar-refractivity contribution in [2.24, 2.45) is 5.10 Å². The van der Waals surface area contributed by atoms with Gasteiger partial charge in [0, 0.05) is 5.69 Å². The summed E-state index contributed by atoms with van der Waals surface area (Å²) in [5, 5.41) is 6.72. The van der Waals surface area contributed by atoms with Crippen LogP contribution in [0.2, 0.25) is 0 Å². The van der Waals surface area contributed by atoms with Crippen molar-refractivity contribution < 1.29 is 18.0 Å². The highest BCUT2D eigenvalue weighted by Gasteiger charge is 2.30. The maximum absolute atomic E-state index is 12.7. The second-order valence-electron chi connectivity index (χ2n) is 7.49. The van der Waals surface area contributed by atoms with Crippen molar-refractivity contribution in [3.05, 3.63) is 65.2 Å². The number of hydrogen-bond donors (Lipinski definition) is 2. The molecule has 28 heavy (non-hydrogen) atoms. The number of rotatable bonds is 5. The van der Waals surface area contributed by atoms with Gasteiger partial charge in [0.1, 0.15) is 0 Å². The fraction of sp³-hybridized carbons (Fsp3) is 0.333. The van der Waals surface area contributed by atoms with Crippen LogP contribution in [0.25, 0.3) is 0 Å². The number of carbonyl (C=O) groups is 1. The molecule has 4 nitrogen and oxygen atoms in total. The fourth-order valence-electron chi connectivity index (χ4n) is 2.45. The number of halogens is 3. The van der Waals surface area contributed by atoms with Crippen LogP contribution in [0.5, 0.6) is 0 Å². The highest BCUT2D eigenvalue weighted by molar-refractivity contribution is 5.99. The molecule has 0 heterocycles. The topological polar surface area (TPSA) is 53.5 Å². The number of hydrazone groups is 1. The second-order valence-corrected chi connectivity index (χ2v) is 7.49. The molecule has 0 saturated carbocycles. The van der Waals surface area contributed by atoms with Gasteiger partial charge in [-0.3, -0.25) is 4.79 Å². The van der Waals surface area contributed by atoms with Gasteiger partial charge >= 0.3 is 6.18 Å². The standard InChI is InChI=1S/C21H24F3N3O/c1-14(15-8-10-16(11-9-15)20(2,3)4)26-27-19(28)13-25-18-7-5-6-17(12-18)21(22,23)24/h5-12,25H,13H2,1-4H3,(H,27,28). The molecular weight excluding hydrogens is 367 g/mol. The fourth-order valence-corrected chi connectivity index (χ4v) is 2.45. The molecule has 150 valence electrons. The predicted molar refractivity (Wildman–Crippen MR) is 105 cm³/mol. The third-order valence-corrected chi connectivity index (χ3v) is 4.16. The first-order chi connectivity index (χ1) is 13.0. The van der Waals surface area contributed by atoms with Crippen LogP contribution >= 0.6 is 0 Å². The highest BCUT2D eigenvalue weighted by Crippen LogP contribution is 2.30. The summed E-state index contributed by atoms with van der Waals surface area (Å²) in [5.74, 6) is -0.455. The molecule has 0 saturated heterocycles. The van der Waals surface area contributed by atoms with Gasteiger partial charge in [0.2, 0.25) is 0 Å². The van der Waals surface area contributed by atoms with Crippen LogP contribution in [-0.2, 0) is 16.4 Å². The lowest BCUT2D eigenvalue weighted by Crippen LogP contribution is -2.26. The molecule has 0 spiro atoms. The van der Waals surface area contributed by atoms with Crippen molar-refractivity contribution in [3.8, 4) is 0 Å². The molecule has 7 heteroatoms. The Kier molecular flexibility index (Phi) is 6.48. The average molecular weight is 391 g/mol. The molecule has 0 aliphatic rings. The Morgan fingerprint density at radius 1 is 1.00 bits per heavy atom. The summed E-state index contributed by atoms with van der Waals surface area (Å²) in [7, 11) is 0. The summed E-state index contributed by atoms with van der Waals surface area (Å²) in [4.78, 5) is 11.9. The summed E-state index contributed by atoms with van der Waals surface area (Å²) in [6.07, 6.45) is -4.43. The normalized spacial score (nSPS) is 12.6. The SMILES string of the molecule is CC(=NNC(=O)CNc1cccc(C(F)(F)F)c1)c1ccc(C(C)(C)C)cc1. The number of anilines is 1. The highest BCUT2D eigenvalue weighted by atomic mass is 19.4. The van der Waals surface area contributed by atoms with Gasteiger partial charge in [-0.2, -0.15) is 18.3 Å². The smallest absolute Gasteiger partial charge is 0.376 e. The second kappa shape index (κ2) is 8.46. The van der Waals surface area contributed by atoms with E-state index < -0.39 is 17.6 Å². The van der Waals surface area contributed by atoms with Crippen LogP contribution in [0.1, 0.15) is 44.4 Å². The minimum atomic E-state index is -4.43. The number of alkyl halides is 3. The molecule has 0 atom stereocenters. The van der Waals surface area contributed by atoms with Crippen LogP contribution in [0.3, 0.4) is 0 Å². The van der Waals surface area contributed by atoms with E-state index in [1.807, 2.05) is 24.3 Å². The molecule has 0 fully saturated rings. The van der Waals surface area contributed by atoms with Crippen molar-refractivity contribution in [3.63, 3.8) is 0 Å². The van der Waals surface area contributed by atoms with Crippen LogP contribution in [0, 0.1) is 0 Å². The molecule has 2 aromatic carbocycles. The van der Waals surface area contributed by atoms with Gasteiger partial charge in [0.05, 0.1) is 17.8 Å². The Bertz CT molecular complexity index is 850. The Labute approximate surface area is 162 Å². The molecular formula is C21H24F3N3O. The van der Waals surface area contributed by atoms with Crippen molar-refractivity contribution in [1.29, 1.82) is 0 Å². The molecule has 0 aliphatic carbocycles. The Morgan fingerprint density at radius 3 is 2.21 bits per heavy atom. The number of benzene rings is 2. The summed E-state index contributed by atoms with van der Waals surface area (Å²) in [5.41, 5.74) is 4.59. The van der Waals surface area contributed by atoms with Crippen molar-refractivity contribution in [2.75, 3.05) is 11.9 Å². The molecule has 0 aromatic heterocycles. The first-order valence-electron chi connectivity index (χ1n) is 8.82. The van der Waals surface area contributed by atoms with Crippen molar-refractivity contribution in [1.82, 2.24) is 5.43 Å². The molecule has 0 unspecified atom stereocenters. The third kappa shape index (κ3) is 6.11. The molecule has 2 rings (SSSR count). The largest absolute Gasteiger partial charge is 0.416 e.